The molecule has 0 aliphatic rings. The van der Waals surface area contributed by atoms with Gasteiger partial charge in [-0.25, -0.2) is 0 Å². The fourth-order valence-electron chi connectivity index (χ4n) is 1.31. The molecule has 0 radical (unpaired) electrons. The SMILES string of the molecule is CCCC(C(=O)O)C(=O)Oc1ccccc1. The van der Waals surface area contributed by atoms with Crippen LogP contribution < -0.4 is 4.74 Å². The molecular weight excluding hydrogens is 208 g/mol. The van der Waals surface area contributed by atoms with Crippen LogP contribution in [0.1, 0.15) is 19.8 Å². The zero-order valence-electron chi connectivity index (χ0n) is 9.05. The lowest BCUT2D eigenvalue weighted by Gasteiger charge is -2.10. The molecule has 0 fully saturated rings. The molecule has 0 aliphatic heterocycles. The summed E-state index contributed by atoms with van der Waals surface area (Å²) in [6.07, 6.45) is 0.919. The quantitative estimate of drug-likeness (QED) is 0.470. The molecule has 4 heteroatoms. The van der Waals surface area contributed by atoms with Crippen LogP contribution in [0.5, 0.6) is 5.75 Å². The number of carbonyl (C=O) groups excluding carboxylic acids is 1. The number of para-hydroxylation sites is 1. The van der Waals surface area contributed by atoms with Crippen LogP contribution in [0.25, 0.3) is 0 Å². The maximum Gasteiger partial charge on any atom is 0.325 e. The minimum atomic E-state index is -1.14. The van der Waals surface area contributed by atoms with Crippen LogP contribution in [0.15, 0.2) is 30.3 Å². The van der Waals surface area contributed by atoms with Gasteiger partial charge in [0.1, 0.15) is 5.75 Å². The number of ether oxygens (including phenoxy) is 1. The van der Waals surface area contributed by atoms with Gasteiger partial charge >= 0.3 is 11.9 Å². The monoisotopic (exact) mass is 222 g/mol. The molecule has 0 amide bonds. The first-order valence-corrected chi connectivity index (χ1v) is 5.14. The fraction of sp³-hybridized carbons (Fsp3) is 0.333. The molecule has 16 heavy (non-hydrogen) atoms. The lowest BCUT2D eigenvalue weighted by atomic mass is 10.0. The van der Waals surface area contributed by atoms with Gasteiger partial charge in [-0.05, 0) is 18.6 Å². The second kappa shape index (κ2) is 5.90. The third-order valence-corrected chi connectivity index (χ3v) is 2.12. The number of hydrogen-bond acceptors (Lipinski definition) is 3. The van der Waals surface area contributed by atoms with E-state index >= 15 is 0 Å². The number of benzene rings is 1. The van der Waals surface area contributed by atoms with Gasteiger partial charge in [-0.2, -0.15) is 0 Å². The third kappa shape index (κ3) is 3.38. The van der Waals surface area contributed by atoms with E-state index in [1.54, 1.807) is 30.3 Å². The topological polar surface area (TPSA) is 63.6 Å². The molecule has 0 spiro atoms. The summed E-state index contributed by atoms with van der Waals surface area (Å²) < 4.78 is 4.97. The highest BCUT2D eigenvalue weighted by Crippen LogP contribution is 2.14. The maximum atomic E-state index is 11.5. The van der Waals surface area contributed by atoms with Crippen molar-refractivity contribution in [2.45, 2.75) is 19.8 Å². The van der Waals surface area contributed by atoms with Gasteiger partial charge in [0, 0.05) is 0 Å². The Morgan fingerprint density at radius 2 is 1.94 bits per heavy atom. The van der Waals surface area contributed by atoms with Crippen LogP contribution in [-0.4, -0.2) is 17.0 Å². The van der Waals surface area contributed by atoms with Crippen molar-refractivity contribution in [2.75, 3.05) is 0 Å². The van der Waals surface area contributed by atoms with E-state index < -0.39 is 17.9 Å². The van der Waals surface area contributed by atoms with Crippen LogP contribution >= 0.6 is 0 Å². The highest BCUT2D eigenvalue weighted by atomic mass is 16.5. The molecule has 0 heterocycles. The maximum absolute atomic E-state index is 11.5. The average Bonchev–Trinajstić information content (AvgIpc) is 2.26. The first-order chi connectivity index (χ1) is 7.65. The van der Waals surface area contributed by atoms with E-state index in [1.807, 2.05) is 6.92 Å². The summed E-state index contributed by atoms with van der Waals surface area (Å²) in [7, 11) is 0. The zero-order chi connectivity index (χ0) is 12.0. The van der Waals surface area contributed by atoms with Gasteiger partial charge in [-0.1, -0.05) is 31.5 Å². The Labute approximate surface area is 93.9 Å². The predicted molar refractivity (Wildman–Crippen MR) is 58.1 cm³/mol. The fourth-order valence-corrected chi connectivity index (χ4v) is 1.31. The smallest absolute Gasteiger partial charge is 0.325 e. The van der Waals surface area contributed by atoms with Gasteiger partial charge in [-0.15, -0.1) is 0 Å². The Morgan fingerprint density at radius 1 is 1.31 bits per heavy atom. The Hall–Kier alpha value is -1.84. The van der Waals surface area contributed by atoms with E-state index in [1.165, 1.54) is 0 Å². The van der Waals surface area contributed by atoms with Crippen molar-refractivity contribution in [3.63, 3.8) is 0 Å². The molecule has 1 aromatic carbocycles. The lowest BCUT2D eigenvalue weighted by molar-refractivity contribution is -0.153. The van der Waals surface area contributed by atoms with Crippen molar-refractivity contribution >= 4 is 11.9 Å². The molecule has 4 nitrogen and oxygen atoms in total. The summed E-state index contributed by atoms with van der Waals surface area (Å²) in [4.78, 5) is 22.4. The van der Waals surface area contributed by atoms with Crippen molar-refractivity contribution in [1.29, 1.82) is 0 Å². The molecular formula is C12H14O4. The van der Waals surface area contributed by atoms with E-state index in [9.17, 15) is 9.59 Å². The van der Waals surface area contributed by atoms with E-state index in [4.69, 9.17) is 9.84 Å². The lowest BCUT2D eigenvalue weighted by Crippen LogP contribution is -2.27. The van der Waals surface area contributed by atoms with Crippen LogP contribution in [0.3, 0.4) is 0 Å². The van der Waals surface area contributed by atoms with E-state index in [2.05, 4.69) is 0 Å². The summed E-state index contributed by atoms with van der Waals surface area (Å²) in [5.74, 6) is -2.55. The Balaban J connectivity index is 2.66. The molecule has 86 valence electrons. The van der Waals surface area contributed by atoms with E-state index in [0.29, 0.717) is 18.6 Å². The minimum absolute atomic E-state index is 0.293. The number of hydrogen-bond donors (Lipinski definition) is 1. The number of rotatable bonds is 5. The van der Waals surface area contributed by atoms with Crippen LogP contribution in [-0.2, 0) is 9.59 Å². The average molecular weight is 222 g/mol. The molecule has 0 bridgehead atoms. The summed E-state index contributed by atoms with van der Waals surface area (Å²) in [5.41, 5.74) is 0. The van der Waals surface area contributed by atoms with Crippen LogP contribution in [0.2, 0.25) is 0 Å². The Bertz CT molecular complexity index is 359. The van der Waals surface area contributed by atoms with Crippen LogP contribution in [0, 0.1) is 5.92 Å². The van der Waals surface area contributed by atoms with Crippen molar-refractivity contribution in [3.8, 4) is 5.75 Å². The Morgan fingerprint density at radius 3 is 2.44 bits per heavy atom. The number of carbonyl (C=O) groups is 2. The summed E-state index contributed by atoms with van der Waals surface area (Å²) >= 11 is 0. The van der Waals surface area contributed by atoms with Crippen molar-refractivity contribution in [1.82, 2.24) is 0 Å². The largest absolute Gasteiger partial charge is 0.481 e. The number of carboxylic acids is 1. The molecule has 0 saturated carbocycles. The van der Waals surface area contributed by atoms with Gasteiger partial charge < -0.3 is 9.84 Å². The number of esters is 1. The van der Waals surface area contributed by atoms with Gasteiger partial charge in [0.05, 0.1) is 0 Å². The van der Waals surface area contributed by atoms with Gasteiger partial charge in [0.2, 0.25) is 0 Å². The molecule has 1 atom stereocenters. The third-order valence-electron chi connectivity index (χ3n) is 2.12. The zero-order valence-corrected chi connectivity index (χ0v) is 9.05. The van der Waals surface area contributed by atoms with Gasteiger partial charge in [0.15, 0.2) is 5.92 Å². The van der Waals surface area contributed by atoms with Gasteiger partial charge in [0.25, 0.3) is 0 Å². The molecule has 0 aromatic heterocycles. The first kappa shape index (κ1) is 12.2. The number of carboxylic acid groups (broad SMARTS) is 1. The van der Waals surface area contributed by atoms with E-state index in [0.717, 1.165) is 0 Å². The second-order valence-electron chi connectivity index (χ2n) is 3.41. The highest BCUT2D eigenvalue weighted by molar-refractivity contribution is 5.94. The summed E-state index contributed by atoms with van der Waals surface area (Å²) in [6.45, 7) is 1.83. The molecule has 1 aromatic rings. The molecule has 0 aliphatic carbocycles. The minimum Gasteiger partial charge on any atom is -0.481 e. The number of aliphatic carboxylic acids is 1. The summed E-state index contributed by atoms with van der Waals surface area (Å²) in [6, 6.07) is 8.46. The molecule has 1 rings (SSSR count). The predicted octanol–water partition coefficient (Wildman–Crippen LogP) is 2.09. The van der Waals surface area contributed by atoms with Gasteiger partial charge in [-0.3, -0.25) is 9.59 Å². The van der Waals surface area contributed by atoms with Crippen molar-refractivity contribution in [3.05, 3.63) is 30.3 Å². The van der Waals surface area contributed by atoms with E-state index in [-0.39, 0.29) is 0 Å². The summed E-state index contributed by atoms with van der Waals surface area (Å²) in [5, 5.41) is 8.85. The highest BCUT2D eigenvalue weighted by Gasteiger charge is 2.27. The second-order valence-corrected chi connectivity index (χ2v) is 3.41. The normalized spacial score (nSPS) is 11.8. The Kier molecular flexibility index (Phi) is 4.51. The van der Waals surface area contributed by atoms with Crippen LogP contribution in [0.4, 0.5) is 0 Å². The molecule has 1 unspecified atom stereocenters. The van der Waals surface area contributed by atoms with Crippen molar-refractivity contribution in [2.24, 2.45) is 5.92 Å². The molecule has 0 saturated heterocycles. The van der Waals surface area contributed by atoms with Crippen molar-refractivity contribution < 1.29 is 19.4 Å². The molecule has 1 N–H and O–H groups in total. The first-order valence-electron chi connectivity index (χ1n) is 5.14. The standard InChI is InChI=1S/C12H14O4/c1-2-6-10(11(13)14)12(15)16-9-7-4-3-5-8-9/h3-5,7-8,10H,2,6H2,1H3,(H,13,14).